The van der Waals surface area contributed by atoms with Gasteiger partial charge < -0.3 is 20.0 Å². The lowest BCUT2D eigenvalue weighted by atomic mass is 9.86. The fourth-order valence-electron chi connectivity index (χ4n) is 5.11. The Bertz CT molecular complexity index is 1200. The molecule has 32 heavy (non-hydrogen) atoms. The minimum Gasteiger partial charge on any atom is -0.595 e. The van der Waals surface area contributed by atoms with Gasteiger partial charge in [0, 0.05) is 41.7 Å². The Hall–Kier alpha value is -3.20. The topological polar surface area (TPSA) is 104 Å². The van der Waals surface area contributed by atoms with Gasteiger partial charge in [-0.05, 0) is 23.1 Å². The quantitative estimate of drug-likeness (QED) is 0.546. The second kappa shape index (κ2) is 7.74. The summed E-state index contributed by atoms with van der Waals surface area (Å²) in [5, 5.41) is 21.1. The molecule has 0 aliphatic carbocycles. The summed E-state index contributed by atoms with van der Waals surface area (Å²) in [6.07, 6.45) is 0.438. The zero-order valence-corrected chi connectivity index (χ0v) is 18.0. The number of carbonyl (C=O) groups excluding carboxylic acids is 2. The zero-order chi connectivity index (χ0) is 22.6. The molecule has 2 unspecified atom stereocenters. The minimum atomic E-state index is -1.03. The van der Waals surface area contributed by atoms with E-state index in [4.69, 9.17) is 0 Å². The average Bonchev–Trinajstić information content (AvgIpc) is 3.14. The monoisotopic (exact) mass is 434 g/mol. The first kappa shape index (κ1) is 20.7. The van der Waals surface area contributed by atoms with E-state index in [2.05, 4.69) is 4.98 Å². The van der Waals surface area contributed by atoms with Crippen molar-refractivity contribution in [3.05, 3.63) is 70.6 Å². The first-order valence-corrected chi connectivity index (χ1v) is 10.9. The summed E-state index contributed by atoms with van der Waals surface area (Å²) in [6, 6.07) is 13.4. The van der Waals surface area contributed by atoms with Gasteiger partial charge in [0.1, 0.15) is 6.04 Å². The molecule has 8 nitrogen and oxygen atoms in total. The number of fused-ring (bicyclic) bond motifs is 4. The van der Waals surface area contributed by atoms with Crippen LogP contribution in [0.25, 0.3) is 10.9 Å². The molecule has 3 aromatic rings. The number of hydrogen-bond donors (Lipinski definition) is 3. The Kier molecular flexibility index (Phi) is 5.00. The molecule has 166 valence electrons. The summed E-state index contributed by atoms with van der Waals surface area (Å²) in [5.74, 6) is 0.0903. The predicted octanol–water partition coefficient (Wildman–Crippen LogP) is 1.91. The number of nitrogens with zero attached hydrogens (tertiary/aromatic N) is 2. The lowest BCUT2D eigenvalue weighted by Crippen LogP contribution is -2.99. The van der Waals surface area contributed by atoms with E-state index >= 15 is 0 Å². The number of benzene rings is 2. The molecule has 2 amide bonds. The summed E-state index contributed by atoms with van der Waals surface area (Å²) in [4.78, 5) is 33.7. The molecule has 1 fully saturated rings. The largest absolute Gasteiger partial charge is 0.595 e. The van der Waals surface area contributed by atoms with Gasteiger partial charge >= 0.3 is 0 Å². The summed E-state index contributed by atoms with van der Waals surface area (Å²) in [6.45, 7) is 4.64. The normalized spacial score (nSPS) is 21.8. The van der Waals surface area contributed by atoms with Crippen LogP contribution in [0.3, 0.4) is 0 Å². The molecule has 1 aromatic heterocycles. The third kappa shape index (κ3) is 3.28. The highest BCUT2D eigenvalue weighted by atomic mass is 16.8. The third-order valence-electron chi connectivity index (χ3n) is 6.38. The number of H-pyrrole nitrogens is 1. The lowest BCUT2D eigenvalue weighted by molar-refractivity contribution is -0.991. The maximum absolute atomic E-state index is 13.5. The molecular formula is C24H26N4O4. The molecule has 0 saturated carbocycles. The summed E-state index contributed by atoms with van der Waals surface area (Å²) >= 11 is 0. The van der Waals surface area contributed by atoms with Crippen LogP contribution in [0.15, 0.2) is 48.5 Å². The first-order valence-electron chi connectivity index (χ1n) is 10.9. The molecule has 2 aromatic carbocycles. The molecule has 3 atom stereocenters. The van der Waals surface area contributed by atoms with Gasteiger partial charge in [-0.3, -0.25) is 9.59 Å². The second-order valence-electron chi connectivity index (χ2n) is 9.03. The molecule has 3 N–H and O–H groups in total. The lowest BCUT2D eigenvalue weighted by Gasteiger charge is -2.47. The minimum absolute atomic E-state index is 0.0399. The van der Waals surface area contributed by atoms with Crippen LogP contribution >= 0.6 is 0 Å². The molecule has 0 spiro atoms. The van der Waals surface area contributed by atoms with Crippen molar-refractivity contribution in [3.8, 4) is 0 Å². The molecule has 2 aliphatic heterocycles. The third-order valence-corrected chi connectivity index (χ3v) is 6.38. The molecule has 1 saturated heterocycles. The Balaban J connectivity index is 1.69. The number of carbonyl (C=O) groups is 2. The zero-order valence-electron chi connectivity index (χ0n) is 18.0. The van der Waals surface area contributed by atoms with Crippen molar-refractivity contribution in [3.63, 3.8) is 0 Å². The van der Waals surface area contributed by atoms with E-state index in [0.717, 1.165) is 22.2 Å². The average molecular weight is 434 g/mol. The first-order chi connectivity index (χ1) is 15.3. The van der Waals surface area contributed by atoms with Crippen molar-refractivity contribution in [1.29, 1.82) is 0 Å². The number of aromatic nitrogens is 1. The Labute approximate surface area is 185 Å². The smallest absolute Gasteiger partial charge is 0.246 e. The number of piperazine rings is 1. The summed E-state index contributed by atoms with van der Waals surface area (Å²) in [5.41, 5.74) is 3.64. The number of aromatic amines is 1. The highest BCUT2D eigenvalue weighted by Gasteiger charge is 2.48. The van der Waals surface area contributed by atoms with Crippen LogP contribution < -0.4 is 5.23 Å². The summed E-state index contributed by atoms with van der Waals surface area (Å²) in [7, 11) is 0. The number of para-hydroxylation sites is 1. The van der Waals surface area contributed by atoms with E-state index in [-0.39, 0.29) is 30.0 Å². The maximum Gasteiger partial charge on any atom is 0.246 e. The van der Waals surface area contributed by atoms with Crippen LogP contribution in [0.2, 0.25) is 0 Å². The van der Waals surface area contributed by atoms with Crippen molar-refractivity contribution < 1.29 is 20.0 Å². The standard InChI is InChI=1S/C24H26N4O4/c1-14(2)12-26-13-21(29)27-20(24(26)30)11-18-17-8-3-4-9-19(17)25-22(18)23(27)15-6-5-7-16(10-15)28(31)32/h3-10,14,20,23,25,28,31H,11-13H2,1-2H3/t20-,23?/m0/s1. The van der Waals surface area contributed by atoms with Gasteiger partial charge in [0.15, 0.2) is 5.69 Å². The van der Waals surface area contributed by atoms with Crippen LogP contribution in [0.4, 0.5) is 5.69 Å². The van der Waals surface area contributed by atoms with Gasteiger partial charge in [-0.15, -0.1) is 0 Å². The molecule has 2 aliphatic rings. The predicted molar refractivity (Wildman–Crippen MR) is 118 cm³/mol. The number of quaternary nitrogens is 1. The van der Waals surface area contributed by atoms with E-state index in [1.54, 1.807) is 21.9 Å². The molecule has 5 rings (SSSR count). The van der Waals surface area contributed by atoms with Crippen molar-refractivity contribution in [2.45, 2.75) is 32.4 Å². The van der Waals surface area contributed by atoms with Crippen LogP contribution in [0.5, 0.6) is 0 Å². The second-order valence-corrected chi connectivity index (χ2v) is 9.03. The van der Waals surface area contributed by atoms with Gasteiger partial charge in [0.2, 0.25) is 11.8 Å². The van der Waals surface area contributed by atoms with E-state index in [1.165, 1.54) is 6.07 Å². The number of hydrogen-bond acceptors (Lipinski definition) is 4. The number of nitrogens with one attached hydrogen (secondary N) is 2. The van der Waals surface area contributed by atoms with Crippen LogP contribution in [0, 0.1) is 11.1 Å². The van der Waals surface area contributed by atoms with Crippen LogP contribution in [-0.4, -0.2) is 50.9 Å². The SMILES string of the molecule is CC(C)CN1CC(=O)N2C(c3cccc([NH+]([O-])O)c3)c3[nH]c4ccccc4c3C[C@H]2C1=O. The van der Waals surface area contributed by atoms with E-state index < -0.39 is 17.3 Å². The fourth-order valence-corrected chi connectivity index (χ4v) is 5.11. The van der Waals surface area contributed by atoms with Gasteiger partial charge in [-0.1, -0.05) is 44.2 Å². The highest BCUT2D eigenvalue weighted by Crippen LogP contribution is 2.42. The van der Waals surface area contributed by atoms with Crippen LogP contribution in [0.1, 0.15) is 36.7 Å². The molecule has 0 bridgehead atoms. The molecule has 0 radical (unpaired) electrons. The Morgan fingerprint density at radius 3 is 2.72 bits per heavy atom. The van der Waals surface area contributed by atoms with Crippen molar-refractivity contribution >= 4 is 28.4 Å². The molecular weight excluding hydrogens is 408 g/mol. The van der Waals surface area contributed by atoms with E-state index in [9.17, 15) is 20.0 Å². The summed E-state index contributed by atoms with van der Waals surface area (Å²) < 4.78 is 0. The van der Waals surface area contributed by atoms with E-state index in [0.29, 0.717) is 18.5 Å². The van der Waals surface area contributed by atoms with Crippen molar-refractivity contribution in [2.24, 2.45) is 5.92 Å². The Morgan fingerprint density at radius 2 is 1.97 bits per heavy atom. The molecule has 3 heterocycles. The van der Waals surface area contributed by atoms with Crippen LogP contribution in [-0.2, 0) is 16.0 Å². The van der Waals surface area contributed by atoms with E-state index in [1.807, 2.05) is 44.2 Å². The highest BCUT2D eigenvalue weighted by molar-refractivity contribution is 5.97. The van der Waals surface area contributed by atoms with Gasteiger partial charge in [-0.2, -0.15) is 5.23 Å². The fraction of sp³-hybridized carbons (Fsp3) is 0.333. The van der Waals surface area contributed by atoms with Gasteiger partial charge in [0.05, 0.1) is 12.6 Å². The van der Waals surface area contributed by atoms with Gasteiger partial charge in [-0.25, -0.2) is 5.21 Å². The van der Waals surface area contributed by atoms with Crippen molar-refractivity contribution in [2.75, 3.05) is 13.1 Å². The molecule has 8 heteroatoms. The Morgan fingerprint density at radius 1 is 1.19 bits per heavy atom. The maximum atomic E-state index is 13.5. The number of rotatable bonds is 4. The van der Waals surface area contributed by atoms with Gasteiger partial charge in [0.25, 0.3) is 0 Å². The van der Waals surface area contributed by atoms with Crippen molar-refractivity contribution in [1.82, 2.24) is 14.8 Å². The number of amides is 2.